The summed E-state index contributed by atoms with van der Waals surface area (Å²) in [7, 11) is 1.72. The van der Waals surface area contributed by atoms with Crippen LogP contribution in [0.2, 0.25) is 0 Å². The Morgan fingerprint density at radius 2 is 2.04 bits per heavy atom. The van der Waals surface area contributed by atoms with Crippen molar-refractivity contribution in [1.82, 2.24) is 16.0 Å². The van der Waals surface area contributed by atoms with E-state index in [0.717, 1.165) is 25.0 Å². The highest BCUT2D eigenvalue weighted by Crippen LogP contribution is 2.20. The molecule has 1 unspecified atom stereocenters. The molecular weight excluding hydrogens is 316 g/mol. The molecule has 3 N–H and O–H groups in total. The van der Waals surface area contributed by atoms with Crippen LogP contribution in [0, 0.1) is 0 Å². The molecule has 1 amide bonds. The summed E-state index contributed by atoms with van der Waals surface area (Å²) in [6, 6.07) is 12.5. The van der Waals surface area contributed by atoms with E-state index in [1.54, 1.807) is 19.4 Å². The highest BCUT2D eigenvalue weighted by Gasteiger charge is 2.19. The van der Waals surface area contributed by atoms with Crippen molar-refractivity contribution in [2.45, 2.75) is 31.8 Å². The fourth-order valence-corrected chi connectivity index (χ4v) is 3.03. The minimum absolute atomic E-state index is 0.103. The van der Waals surface area contributed by atoms with Crippen molar-refractivity contribution in [3.05, 3.63) is 59.5 Å². The molecule has 0 aliphatic heterocycles. The summed E-state index contributed by atoms with van der Waals surface area (Å²) < 4.78 is 5.19. The van der Waals surface area contributed by atoms with Gasteiger partial charge in [-0.1, -0.05) is 24.3 Å². The standard InChI is InChI=1S/C19H24N4O2/c1-20-19(22-13-18(24)21-12-17-7-4-10-25-17)23-16-9-8-14-5-2-3-6-15(14)11-16/h2-7,10,16H,8-9,11-13H2,1H3,(H,21,24)(H2,20,22,23). The molecule has 0 saturated heterocycles. The lowest BCUT2D eigenvalue weighted by Crippen LogP contribution is -2.48. The van der Waals surface area contributed by atoms with Gasteiger partial charge in [-0.3, -0.25) is 9.79 Å². The van der Waals surface area contributed by atoms with Gasteiger partial charge in [-0.25, -0.2) is 0 Å². The number of nitrogens with zero attached hydrogens (tertiary/aromatic N) is 1. The van der Waals surface area contributed by atoms with Gasteiger partial charge in [0.05, 0.1) is 19.4 Å². The quantitative estimate of drug-likeness (QED) is 0.571. The average molecular weight is 340 g/mol. The first kappa shape index (κ1) is 17.1. The first-order chi connectivity index (χ1) is 12.2. The molecule has 6 nitrogen and oxygen atoms in total. The Balaban J connectivity index is 1.43. The van der Waals surface area contributed by atoms with E-state index >= 15 is 0 Å². The number of rotatable bonds is 5. The molecule has 1 heterocycles. The maximum atomic E-state index is 11.9. The van der Waals surface area contributed by atoms with E-state index in [9.17, 15) is 4.79 Å². The highest BCUT2D eigenvalue weighted by molar-refractivity contribution is 5.86. The van der Waals surface area contributed by atoms with E-state index in [0.29, 0.717) is 18.5 Å². The molecule has 0 radical (unpaired) electrons. The molecule has 1 atom stereocenters. The number of aliphatic imine (C=N–C) groups is 1. The van der Waals surface area contributed by atoms with Gasteiger partial charge < -0.3 is 20.4 Å². The average Bonchev–Trinajstić information content (AvgIpc) is 3.17. The molecule has 1 aromatic heterocycles. The van der Waals surface area contributed by atoms with Gasteiger partial charge in [-0.2, -0.15) is 0 Å². The van der Waals surface area contributed by atoms with Gasteiger partial charge >= 0.3 is 0 Å². The van der Waals surface area contributed by atoms with Gasteiger partial charge in [-0.05, 0) is 42.5 Å². The van der Waals surface area contributed by atoms with E-state index in [1.807, 2.05) is 6.07 Å². The minimum atomic E-state index is -0.103. The smallest absolute Gasteiger partial charge is 0.239 e. The third-order valence-corrected chi connectivity index (χ3v) is 4.37. The normalized spacial score (nSPS) is 16.8. The molecule has 25 heavy (non-hydrogen) atoms. The predicted octanol–water partition coefficient (Wildman–Crippen LogP) is 1.62. The van der Waals surface area contributed by atoms with Gasteiger partial charge in [0.15, 0.2) is 5.96 Å². The van der Waals surface area contributed by atoms with E-state index in [-0.39, 0.29) is 12.5 Å². The van der Waals surface area contributed by atoms with E-state index in [1.165, 1.54) is 11.1 Å². The van der Waals surface area contributed by atoms with Crippen LogP contribution in [-0.4, -0.2) is 31.5 Å². The number of carbonyl (C=O) groups excluding carboxylic acids is 1. The molecule has 1 aliphatic carbocycles. The zero-order chi connectivity index (χ0) is 17.5. The summed E-state index contributed by atoms with van der Waals surface area (Å²) in [6.07, 6.45) is 4.69. The van der Waals surface area contributed by atoms with Crippen LogP contribution < -0.4 is 16.0 Å². The van der Waals surface area contributed by atoms with Crippen molar-refractivity contribution in [2.75, 3.05) is 13.6 Å². The van der Waals surface area contributed by atoms with Crippen LogP contribution in [0.15, 0.2) is 52.1 Å². The number of nitrogens with one attached hydrogen (secondary N) is 3. The largest absolute Gasteiger partial charge is 0.467 e. The van der Waals surface area contributed by atoms with Crippen LogP contribution in [0.25, 0.3) is 0 Å². The zero-order valence-corrected chi connectivity index (χ0v) is 14.4. The van der Waals surface area contributed by atoms with Crippen LogP contribution in [0.4, 0.5) is 0 Å². The maximum Gasteiger partial charge on any atom is 0.239 e. The topological polar surface area (TPSA) is 78.7 Å². The molecule has 1 aromatic carbocycles. The maximum absolute atomic E-state index is 11.9. The summed E-state index contributed by atoms with van der Waals surface area (Å²) in [5, 5.41) is 9.28. The summed E-state index contributed by atoms with van der Waals surface area (Å²) in [4.78, 5) is 16.1. The van der Waals surface area contributed by atoms with Crippen molar-refractivity contribution in [1.29, 1.82) is 0 Å². The summed E-state index contributed by atoms with van der Waals surface area (Å²) >= 11 is 0. The van der Waals surface area contributed by atoms with Crippen LogP contribution in [0.5, 0.6) is 0 Å². The number of benzene rings is 1. The Morgan fingerprint density at radius 3 is 2.80 bits per heavy atom. The van der Waals surface area contributed by atoms with Crippen molar-refractivity contribution < 1.29 is 9.21 Å². The monoisotopic (exact) mass is 340 g/mol. The number of amides is 1. The SMILES string of the molecule is CN=C(NCC(=O)NCc1ccco1)NC1CCc2ccccc2C1. The lowest BCUT2D eigenvalue weighted by molar-refractivity contribution is -0.120. The second-order valence-corrected chi connectivity index (χ2v) is 6.13. The summed E-state index contributed by atoms with van der Waals surface area (Å²) in [5.41, 5.74) is 2.82. The Labute approximate surface area is 147 Å². The van der Waals surface area contributed by atoms with Gasteiger partial charge in [0, 0.05) is 13.1 Å². The molecule has 1 aliphatic rings. The number of furan rings is 1. The van der Waals surface area contributed by atoms with Crippen LogP contribution >= 0.6 is 0 Å². The van der Waals surface area contributed by atoms with Gasteiger partial charge in [0.25, 0.3) is 0 Å². The lowest BCUT2D eigenvalue weighted by Gasteiger charge is -2.27. The Kier molecular flexibility index (Phi) is 5.72. The Morgan fingerprint density at radius 1 is 1.20 bits per heavy atom. The number of hydrogen-bond acceptors (Lipinski definition) is 3. The van der Waals surface area contributed by atoms with Crippen LogP contribution in [-0.2, 0) is 24.2 Å². The Bertz CT molecular complexity index is 725. The van der Waals surface area contributed by atoms with Crippen molar-refractivity contribution in [2.24, 2.45) is 4.99 Å². The second-order valence-electron chi connectivity index (χ2n) is 6.13. The molecule has 132 valence electrons. The number of guanidine groups is 1. The highest BCUT2D eigenvalue weighted by atomic mass is 16.3. The number of carbonyl (C=O) groups is 1. The Hall–Kier alpha value is -2.76. The zero-order valence-electron chi connectivity index (χ0n) is 14.4. The third kappa shape index (κ3) is 4.86. The van der Waals surface area contributed by atoms with E-state index in [4.69, 9.17) is 4.42 Å². The molecule has 2 aromatic rings. The number of aryl methyl sites for hydroxylation is 1. The van der Waals surface area contributed by atoms with Crippen molar-refractivity contribution in [3.8, 4) is 0 Å². The first-order valence-electron chi connectivity index (χ1n) is 8.57. The van der Waals surface area contributed by atoms with Gasteiger partial charge in [0.1, 0.15) is 5.76 Å². The number of hydrogen-bond donors (Lipinski definition) is 3. The molecule has 6 heteroatoms. The molecule has 0 saturated carbocycles. The third-order valence-electron chi connectivity index (χ3n) is 4.37. The molecular formula is C19H24N4O2. The molecule has 0 fully saturated rings. The first-order valence-corrected chi connectivity index (χ1v) is 8.57. The minimum Gasteiger partial charge on any atom is -0.467 e. The van der Waals surface area contributed by atoms with Crippen LogP contribution in [0.1, 0.15) is 23.3 Å². The van der Waals surface area contributed by atoms with E-state index in [2.05, 4.69) is 45.2 Å². The summed E-state index contributed by atoms with van der Waals surface area (Å²) in [6.45, 7) is 0.558. The number of fused-ring (bicyclic) bond motifs is 1. The van der Waals surface area contributed by atoms with Crippen molar-refractivity contribution >= 4 is 11.9 Å². The summed E-state index contributed by atoms with van der Waals surface area (Å²) in [5.74, 6) is 1.28. The van der Waals surface area contributed by atoms with Gasteiger partial charge in [0.2, 0.25) is 5.91 Å². The lowest BCUT2D eigenvalue weighted by atomic mass is 9.88. The predicted molar refractivity (Wildman–Crippen MR) is 97.3 cm³/mol. The molecule has 0 spiro atoms. The fourth-order valence-electron chi connectivity index (χ4n) is 3.03. The second kappa shape index (κ2) is 8.37. The van der Waals surface area contributed by atoms with Crippen molar-refractivity contribution in [3.63, 3.8) is 0 Å². The van der Waals surface area contributed by atoms with Gasteiger partial charge in [-0.15, -0.1) is 0 Å². The molecule has 3 rings (SSSR count). The fraction of sp³-hybridized carbons (Fsp3) is 0.368. The van der Waals surface area contributed by atoms with Crippen LogP contribution in [0.3, 0.4) is 0 Å². The van der Waals surface area contributed by atoms with E-state index < -0.39 is 0 Å². The molecule has 0 bridgehead atoms.